The van der Waals surface area contributed by atoms with Gasteiger partial charge in [-0.3, -0.25) is 9.69 Å². The highest BCUT2D eigenvalue weighted by Gasteiger charge is 2.09. The van der Waals surface area contributed by atoms with Crippen molar-refractivity contribution in [3.63, 3.8) is 0 Å². The fraction of sp³-hybridized carbons (Fsp3) is 0.500. The molecule has 0 bridgehead atoms. The van der Waals surface area contributed by atoms with Gasteiger partial charge in [-0.15, -0.1) is 0 Å². The predicted octanol–water partition coefficient (Wildman–Crippen LogP) is 2.50. The van der Waals surface area contributed by atoms with Gasteiger partial charge in [-0.05, 0) is 44.2 Å². The first-order chi connectivity index (χ1) is 9.06. The Kier molecular flexibility index (Phi) is 6.87. The van der Waals surface area contributed by atoms with Gasteiger partial charge in [-0.2, -0.15) is 0 Å². The summed E-state index contributed by atoms with van der Waals surface area (Å²) in [5.74, 6) is 0.680. The van der Waals surface area contributed by atoms with Crippen molar-refractivity contribution < 1.29 is 14.3 Å². The number of hydrogen-bond acceptors (Lipinski definition) is 4. The fourth-order valence-electron chi connectivity index (χ4n) is 1.76. The van der Waals surface area contributed by atoms with Crippen molar-refractivity contribution in [3.8, 4) is 5.75 Å². The summed E-state index contributed by atoms with van der Waals surface area (Å²) in [7, 11) is 3.57. The van der Waals surface area contributed by atoms with E-state index in [1.807, 2.05) is 37.1 Å². The molecule has 0 fully saturated rings. The molecule has 4 nitrogen and oxygen atoms in total. The zero-order valence-electron chi connectivity index (χ0n) is 11.6. The second kappa shape index (κ2) is 8.17. The molecule has 0 unspecified atom stereocenters. The van der Waals surface area contributed by atoms with Crippen LogP contribution in [0.15, 0.2) is 22.7 Å². The summed E-state index contributed by atoms with van der Waals surface area (Å²) in [6, 6.07) is 5.92. The minimum atomic E-state index is -0.189. The van der Waals surface area contributed by atoms with Gasteiger partial charge < -0.3 is 9.47 Å². The quantitative estimate of drug-likeness (QED) is 0.720. The number of benzene rings is 1. The van der Waals surface area contributed by atoms with E-state index in [0.717, 1.165) is 28.8 Å². The van der Waals surface area contributed by atoms with Crippen LogP contribution in [0, 0.1) is 0 Å². The normalized spacial score (nSPS) is 10.6. The first-order valence-electron chi connectivity index (χ1n) is 6.23. The second-order valence-corrected chi connectivity index (χ2v) is 5.16. The Labute approximate surface area is 122 Å². The van der Waals surface area contributed by atoms with E-state index in [9.17, 15) is 4.79 Å². The Hall–Kier alpha value is -1.07. The van der Waals surface area contributed by atoms with E-state index in [1.54, 1.807) is 7.11 Å². The van der Waals surface area contributed by atoms with Gasteiger partial charge in [-0.1, -0.05) is 15.9 Å². The lowest BCUT2D eigenvalue weighted by atomic mass is 10.1. The van der Waals surface area contributed by atoms with Gasteiger partial charge in [-0.25, -0.2) is 0 Å². The van der Waals surface area contributed by atoms with Gasteiger partial charge in [0.1, 0.15) is 5.75 Å². The Morgan fingerprint density at radius 1 is 1.42 bits per heavy atom. The van der Waals surface area contributed by atoms with E-state index in [4.69, 9.17) is 9.47 Å². The molecule has 0 aromatic heterocycles. The Bertz CT molecular complexity index is 423. The van der Waals surface area contributed by atoms with Crippen molar-refractivity contribution in [1.29, 1.82) is 0 Å². The van der Waals surface area contributed by atoms with Crippen molar-refractivity contribution in [3.05, 3.63) is 28.2 Å². The molecule has 0 spiro atoms. The van der Waals surface area contributed by atoms with E-state index < -0.39 is 0 Å². The van der Waals surface area contributed by atoms with E-state index in [1.165, 1.54) is 0 Å². The van der Waals surface area contributed by atoms with E-state index >= 15 is 0 Å². The molecule has 1 rings (SSSR count). The van der Waals surface area contributed by atoms with Crippen molar-refractivity contribution in [2.75, 3.05) is 33.9 Å². The van der Waals surface area contributed by atoms with Crippen LogP contribution in [-0.4, -0.2) is 44.7 Å². The number of ether oxygens (including phenoxy) is 2. The number of rotatable bonds is 7. The molecule has 1 aromatic rings. The Balaban J connectivity index is 2.52. The Morgan fingerprint density at radius 3 is 2.79 bits per heavy atom. The second-order valence-electron chi connectivity index (χ2n) is 4.25. The molecule has 0 saturated carbocycles. The maximum Gasteiger partial charge on any atom is 0.320 e. The average molecular weight is 330 g/mol. The predicted molar refractivity (Wildman–Crippen MR) is 78.5 cm³/mol. The largest absolute Gasteiger partial charge is 0.496 e. The number of carbonyl (C=O) groups excluding carboxylic acids is 1. The van der Waals surface area contributed by atoms with Crippen LogP contribution in [0.4, 0.5) is 0 Å². The molecule has 0 N–H and O–H groups in total. The van der Waals surface area contributed by atoms with E-state index in [-0.39, 0.29) is 5.97 Å². The van der Waals surface area contributed by atoms with Gasteiger partial charge in [0.2, 0.25) is 0 Å². The van der Waals surface area contributed by atoms with Crippen LogP contribution in [0.3, 0.4) is 0 Å². The third kappa shape index (κ3) is 5.61. The van der Waals surface area contributed by atoms with Gasteiger partial charge in [0.05, 0.1) is 20.3 Å². The number of nitrogens with zero attached hydrogens (tertiary/aromatic N) is 1. The molecule has 106 valence electrons. The molecule has 0 aliphatic rings. The lowest BCUT2D eigenvalue weighted by Crippen LogP contribution is -2.29. The smallest absolute Gasteiger partial charge is 0.320 e. The fourth-order valence-corrected chi connectivity index (χ4v) is 2.17. The van der Waals surface area contributed by atoms with Crippen LogP contribution >= 0.6 is 15.9 Å². The minimum absolute atomic E-state index is 0.189. The summed E-state index contributed by atoms with van der Waals surface area (Å²) < 4.78 is 11.3. The molecule has 5 heteroatoms. The molecular formula is C14H20BrNO3. The highest BCUT2D eigenvalue weighted by molar-refractivity contribution is 9.10. The van der Waals surface area contributed by atoms with Gasteiger partial charge in [0.25, 0.3) is 0 Å². The van der Waals surface area contributed by atoms with Gasteiger partial charge in [0.15, 0.2) is 0 Å². The molecule has 0 saturated heterocycles. The lowest BCUT2D eigenvalue weighted by Gasteiger charge is -2.16. The molecular weight excluding hydrogens is 310 g/mol. The lowest BCUT2D eigenvalue weighted by molar-refractivity contribution is -0.144. The first kappa shape index (κ1) is 16.0. The van der Waals surface area contributed by atoms with Crippen LogP contribution in [0.25, 0.3) is 0 Å². The molecule has 19 heavy (non-hydrogen) atoms. The molecule has 0 radical (unpaired) electrons. The summed E-state index contributed by atoms with van der Waals surface area (Å²) in [6.45, 7) is 3.31. The third-order valence-corrected chi connectivity index (χ3v) is 3.20. The highest BCUT2D eigenvalue weighted by atomic mass is 79.9. The van der Waals surface area contributed by atoms with Gasteiger partial charge in [0, 0.05) is 11.0 Å². The van der Waals surface area contributed by atoms with Crippen LogP contribution < -0.4 is 4.74 Å². The van der Waals surface area contributed by atoms with Crippen molar-refractivity contribution in [2.45, 2.75) is 13.3 Å². The summed E-state index contributed by atoms with van der Waals surface area (Å²) in [6.07, 6.45) is 0.818. The third-order valence-electron chi connectivity index (χ3n) is 2.71. The number of esters is 1. The molecule has 0 aliphatic heterocycles. The highest BCUT2D eigenvalue weighted by Crippen LogP contribution is 2.23. The molecule has 1 aromatic carbocycles. The van der Waals surface area contributed by atoms with Gasteiger partial charge >= 0.3 is 5.97 Å². The summed E-state index contributed by atoms with van der Waals surface area (Å²) in [4.78, 5) is 13.3. The van der Waals surface area contributed by atoms with Crippen LogP contribution in [0.2, 0.25) is 0 Å². The summed E-state index contributed by atoms with van der Waals surface area (Å²) in [5.41, 5.74) is 1.12. The minimum Gasteiger partial charge on any atom is -0.496 e. The molecule has 0 heterocycles. The van der Waals surface area contributed by atoms with Crippen molar-refractivity contribution >= 4 is 21.9 Å². The number of methoxy groups -OCH3 is 1. The van der Waals surface area contributed by atoms with Crippen molar-refractivity contribution in [2.24, 2.45) is 0 Å². The number of carbonyl (C=O) groups is 1. The average Bonchev–Trinajstić information content (AvgIpc) is 2.36. The standard InChI is InChI=1S/C14H20BrNO3/c1-4-19-14(17)10-16(2)8-7-11-9-12(15)5-6-13(11)18-3/h5-6,9H,4,7-8,10H2,1-3H3. The Morgan fingerprint density at radius 2 is 2.16 bits per heavy atom. The zero-order valence-corrected chi connectivity index (χ0v) is 13.2. The van der Waals surface area contributed by atoms with Crippen LogP contribution in [0.1, 0.15) is 12.5 Å². The zero-order chi connectivity index (χ0) is 14.3. The van der Waals surface area contributed by atoms with Crippen LogP contribution in [-0.2, 0) is 16.0 Å². The maximum atomic E-state index is 11.3. The number of likely N-dealkylation sites (N-methyl/N-ethyl adjacent to an activating group) is 1. The first-order valence-corrected chi connectivity index (χ1v) is 7.02. The van der Waals surface area contributed by atoms with Crippen molar-refractivity contribution in [1.82, 2.24) is 4.90 Å². The van der Waals surface area contributed by atoms with E-state index in [2.05, 4.69) is 15.9 Å². The van der Waals surface area contributed by atoms with E-state index in [0.29, 0.717) is 13.2 Å². The molecule has 0 amide bonds. The number of halogens is 1. The monoisotopic (exact) mass is 329 g/mol. The maximum absolute atomic E-state index is 11.3. The molecule has 0 aliphatic carbocycles. The topological polar surface area (TPSA) is 38.8 Å². The summed E-state index contributed by atoms with van der Waals surface area (Å²) in [5, 5.41) is 0. The SMILES string of the molecule is CCOC(=O)CN(C)CCc1cc(Br)ccc1OC. The molecule has 0 atom stereocenters. The van der Waals surface area contributed by atoms with Crippen LogP contribution in [0.5, 0.6) is 5.75 Å². The summed E-state index contributed by atoms with van der Waals surface area (Å²) >= 11 is 3.45. The number of hydrogen-bond donors (Lipinski definition) is 0.